The smallest absolute Gasteiger partial charge is 0.248 e. The molecule has 0 fully saturated rings. The molecule has 4 aromatic heterocycles. The van der Waals surface area contributed by atoms with Gasteiger partial charge in [0, 0.05) is 58.1 Å². The van der Waals surface area contributed by atoms with E-state index < -0.39 is 0 Å². The number of rotatable bonds is 2. The number of thiophene rings is 1. The van der Waals surface area contributed by atoms with Crippen molar-refractivity contribution in [1.29, 1.82) is 0 Å². The Morgan fingerprint density at radius 3 is 2.16 bits per heavy atom. The summed E-state index contributed by atoms with van der Waals surface area (Å²) in [6.07, 6.45) is 0. The molecule has 0 N–H and O–H groups in total. The van der Waals surface area contributed by atoms with Gasteiger partial charge >= 0.3 is 0 Å². The number of hydrogen-bond donors (Lipinski definition) is 0. The van der Waals surface area contributed by atoms with Crippen molar-refractivity contribution in [3.8, 4) is 28.2 Å². The fraction of sp³-hybridized carbons (Fsp3) is 0.0588. The first-order valence-corrected chi connectivity index (χ1v) is 20.0. The third-order valence-electron chi connectivity index (χ3n) is 12.4. The summed E-state index contributed by atoms with van der Waals surface area (Å²) in [6, 6.07) is 54.9. The molecule has 4 heterocycles. The van der Waals surface area contributed by atoms with E-state index in [2.05, 4.69) is 152 Å². The van der Waals surface area contributed by atoms with Gasteiger partial charge in [0.2, 0.25) is 5.71 Å². The van der Waals surface area contributed by atoms with Gasteiger partial charge in [0.25, 0.3) is 0 Å². The molecule has 1 aliphatic rings. The zero-order chi connectivity index (χ0) is 36.9. The maximum absolute atomic E-state index is 6.51. The molecule has 13 rings (SSSR count). The number of fused-ring (bicyclic) bond motifs is 18. The monoisotopic (exact) mass is 733 g/mol. The first kappa shape index (κ1) is 30.5. The van der Waals surface area contributed by atoms with Crippen LogP contribution in [0.25, 0.3) is 114 Å². The Hall–Kier alpha value is -6.82. The van der Waals surface area contributed by atoms with Gasteiger partial charge in [-0.05, 0) is 57.3 Å². The largest absolute Gasteiger partial charge is 0.436 e. The van der Waals surface area contributed by atoms with Gasteiger partial charge in [0.15, 0.2) is 5.82 Å². The number of hydrogen-bond acceptors (Lipinski definition) is 4. The van der Waals surface area contributed by atoms with E-state index in [9.17, 15) is 0 Å². The van der Waals surface area contributed by atoms with Gasteiger partial charge in [-0.2, -0.15) is 4.98 Å². The number of aromatic nitrogens is 3. The van der Waals surface area contributed by atoms with Crippen LogP contribution in [0, 0.1) is 0 Å². The van der Waals surface area contributed by atoms with Crippen LogP contribution in [0.1, 0.15) is 25.0 Å². The summed E-state index contributed by atoms with van der Waals surface area (Å²) in [7, 11) is 0. The Balaban J connectivity index is 1.21. The molecule has 56 heavy (non-hydrogen) atoms. The Labute approximate surface area is 324 Å². The molecule has 0 saturated carbocycles. The second-order valence-corrected chi connectivity index (χ2v) is 16.7. The van der Waals surface area contributed by atoms with Crippen LogP contribution in [-0.2, 0) is 5.41 Å². The first-order valence-electron chi connectivity index (χ1n) is 19.2. The van der Waals surface area contributed by atoms with E-state index in [-0.39, 0.29) is 5.41 Å². The summed E-state index contributed by atoms with van der Waals surface area (Å²) in [6.45, 7) is 4.67. The van der Waals surface area contributed by atoms with Gasteiger partial charge in [-0.25, -0.2) is 4.98 Å². The first-order chi connectivity index (χ1) is 27.5. The van der Waals surface area contributed by atoms with Crippen molar-refractivity contribution in [3.63, 3.8) is 0 Å². The third kappa shape index (κ3) is 3.83. The molecular weight excluding hydrogens is 703 g/mol. The van der Waals surface area contributed by atoms with E-state index in [1.807, 2.05) is 29.5 Å². The van der Waals surface area contributed by atoms with E-state index in [1.165, 1.54) is 74.7 Å². The maximum Gasteiger partial charge on any atom is 0.248 e. The third-order valence-corrected chi connectivity index (χ3v) is 13.7. The lowest BCUT2D eigenvalue weighted by atomic mass is 9.82. The van der Waals surface area contributed by atoms with Crippen LogP contribution in [0.2, 0.25) is 0 Å². The lowest BCUT2D eigenvalue weighted by Crippen LogP contribution is -2.15. The Kier molecular flexibility index (Phi) is 5.82. The SMILES string of the molecule is CC1(C)c2ccccc2-c2ccc(-c3nc4c(nc3-n3c5ccccc5c5c6c7ccc8ccccc8c7sc6c6ccccc6c53)oc3ccccc34)cc21. The van der Waals surface area contributed by atoms with Crippen molar-refractivity contribution < 1.29 is 4.42 Å². The van der Waals surface area contributed by atoms with Crippen molar-refractivity contribution >= 4 is 97.1 Å². The fourth-order valence-corrected chi connectivity index (χ4v) is 11.2. The molecule has 8 aromatic carbocycles. The van der Waals surface area contributed by atoms with Gasteiger partial charge in [-0.3, -0.25) is 4.57 Å². The lowest BCUT2D eigenvalue weighted by molar-refractivity contribution is 0.651. The minimum Gasteiger partial charge on any atom is -0.436 e. The summed E-state index contributed by atoms with van der Waals surface area (Å²) in [5.74, 6) is 0.755. The van der Waals surface area contributed by atoms with E-state index in [4.69, 9.17) is 14.4 Å². The number of nitrogens with zero attached hydrogens (tertiary/aromatic N) is 3. The minimum absolute atomic E-state index is 0.166. The summed E-state index contributed by atoms with van der Waals surface area (Å²) in [5, 5.41) is 10.9. The van der Waals surface area contributed by atoms with Crippen LogP contribution in [0.5, 0.6) is 0 Å². The predicted octanol–water partition coefficient (Wildman–Crippen LogP) is 14.1. The average molecular weight is 734 g/mol. The molecule has 12 aromatic rings. The van der Waals surface area contributed by atoms with Gasteiger partial charge < -0.3 is 4.42 Å². The van der Waals surface area contributed by atoms with E-state index >= 15 is 0 Å². The molecule has 0 bridgehead atoms. The molecule has 1 aliphatic carbocycles. The standard InChI is InChI=1S/C51H31N3OS/c1-51(2)38-20-10-7-15-31(38)32-25-24-29(27-39(32)51)44-49(53-50-45(52-44)36-19-9-12-22-41(36)55-50)54-40-21-11-8-18-35(40)42-43-37-26-23-28-13-3-4-14-30(28)47(37)56-48(43)34-17-6-5-16-33(34)46(42)54/h3-27H,1-2H3. The average Bonchev–Trinajstić information content (AvgIpc) is 3.97. The van der Waals surface area contributed by atoms with Crippen LogP contribution in [-0.4, -0.2) is 14.5 Å². The highest BCUT2D eigenvalue weighted by molar-refractivity contribution is 7.27. The van der Waals surface area contributed by atoms with Crippen LogP contribution < -0.4 is 0 Å². The molecule has 0 radical (unpaired) electrons. The summed E-state index contributed by atoms with van der Waals surface area (Å²) >= 11 is 1.91. The maximum atomic E-state index is 6.51. The van der Waals surface area contributed by atoms with Crippen molar-refractivity contribution in [2.75, 3.05) is 0 Å². The molecule has 0 atom stereocenters. The van der Waals surface area contributed by atoms with E-state index in [1.54, 1.807) is 0 Å². The zero-order valence-electron chi connectivity index (χ0n) is 30.6. The highest BCUT2D eigenvalue weighted by Gasteiger charge is 2.36. The second-order valence-electron chi connectivity index (χ2n) is 15.7. The Bertz CT molecular complexity index is 3690. The Morgan fingerprint density at radius 2 is 1.27 bits per heavy atom. The predicted molar refractivity (Wildman–Crippen MR) is 235 cm³/mol. The summed E-state index contributed by atoms with van der Waals surface area (Å²) < 4.78 is 11.5. The normalized spacial score (nSPS) is 13.7. The van der Waals surface area contributed by atoms with Crippen LogP contribution >= 0.6 is 11.3 Å². The minimum atomic E-state index is -0.166. The van der Waals surface area contributed by atoms with Crippen LogP contribution in [0.3, 0.4) is 0 Å². The molecule has 4 nitrogen and oxygen atoms in total. The number of para-hydroxylation sites is 2. The molecule has 5 heteroatoms. The van der Waals surface area contributed by atoms with Crippen LogP contribution in [0.4, 0.5) is 0 Å². The highest BCUT2D eigenvalue weighted by Crippen LogP contribution is 2.52. The van der Waals surface area contributed by atoms with Gasteiger partial charge in [0.05, 0.1) is 11.0 Å². The molecule has 0 unspecified atom stereocenters. The van der Waals surface area contributed by atoms with Crippen molar-refractivity contribution in [2.24, 2.45) is 0 Å². The molecule has 0 amide bonds. The van der Waals surface area contributed by atoms with Gasteiger partial charge in [-0.1, -0.05) is 141 Å². The Morgan fingerprint density at radius 1 is 0.554 bits per heavy atom. The number of benzene rings is 8. The molecule has 0 aliphatic heterocycles. The second kappa shape index (κ2) is 10.7. The van der Waals surface area contributed by atoms with Gasteiger partial charge in [0.1, 0.15) is 16.8 Å². The van der Waals surface area contributed by atoms with E-state index in [0.717, 1.165) is 44.6 Å². The summed E-state index contributed by atoms with van der Waals surface area (Å²) in [5.41, 5.74) is 11.2. The number of furan rings is 1. The van der Waals surface area contributed by atoms with Crippen molar-refractivity contribution in [2.45, 2.75) is 19.3 Å². The molecule has 0 saturated heterocycles. The fourth-order valence-electron chi connectivity index (χ4n) is 9.83. The molecular formula is C51H31N3OS. The lowest BCUT2D eigenvalue weighted by Gasteiger charge is -2.22. The van der Waals surface area contributed by atoms with E-state index in [0.29, 0.717) is 5.71 Å². The molecule has 0 spiro atoms. The van der Waals surface area contributed by atoms with Crippen molar-refractivity contribution in [3.05, 3.63) is 163 Å². The summed E-state index contributed by atoms with van der Waals surface area (Å²) in [4.78, 5) is 11.1. The van der Waals surface area contributed by atoms with Crippen LogP contribution in [0.15, 0.2) is 156 Å². The quantitative estimate of drug-likeness (QED) is 0.178. The highest BCUT2D eigenvalue weighted by atomic mass is 32.1. The topological polar surface area (TPSA) is 43.9 Å². The molecule has 262 valence electrons. The zero-order valence-corrected chi connectivity index (χ0v) is 31.4. The van der Waals surface area contributed by atoms with Gasteiger partial charge in [-0.15, -0.1) is 11.3 Å². The van der Waals surface area contributed by atoms with Crippen molar-refractivity contribution in [1.82, 2.24) is 14.5 Å².